The zero-order valence-corrected chi connectivity index (χ0v) is 5.74. The first kappa shape index (κ1) is 7.02. The van der Waals surface area contributed by atoms with Crippen LogP contribution in [0.15, 0.2) is 18.3 Å². The van der Waals surface area contributed by atoms with Crippen molar-refractivity contribution in [3.8, 4) is 5.75 Å². The lowest BCUT2D eigenvalue weighted by atomic mass is 10.3. The molecule has 1 heterocycles. The zero-order valence-electron chi connectivity index (χ0n) is 5.74. The number of aromatic hydroxyl groups is 1. The van der Waals surface area contributed by atoms with Gasteiger partial charge in [-0.2, -0.15) is 0 Å². The van der Waals surface area contributed by atoms with Crippen molar-refractivity contribution in [3.05, 3.63) is 24.0 Å². The van der Waals surface area contributed by atoms with Gasteiger partial charge < -0.3 is 9.84 Å². The normalized spacial score (nSPS) is 9.70. The molecule has 1 N–H and O–H groups in total. The van der Waals surface area contributed by atoms with Crippen LogP contribution in [-0.4, -0.2) is 17.2 Å². The van der Waals surface area contributed by atoms with Gasteiger partial charge in [0, 0.05) is 7.11 Å². The number of aromatic nitrogens is 1. The van der Waals surface area contributed by atoms with Crippen LogP contribution in [0.5, 0.6) is 5.75 Å². The van der Waals surface area contributed by atoms with E-state index in [0.717, 1.165) is 5.69 Å². The molecule has 54 valence electrons. The summed E-state index contributed by atoms with van der Waals surface area (Å²) in [5.41, 5.74) is 0.820. The zero-order chi connectivity index (χ0) is 7.40. The van der Waals surface area contributed by atoms with Gasteiger partial charge in [0.25, 0.3) is 0 Å². The summed E-state index contributed by atoms with van der Waals surface area (Å²) in [6.07, 6.45) is 1.40. The van der Waals surface area contributed by atoms with E-state index in [-0.39, 0.29) is 5.75 Å². The van der Waals surface area contributed by atoms with Gasteiger partial charge in [-0.3, -0.25) is 4.98 Å². The third-order valence-corrected chi connectivity index (χ3v) is 1.10. The fraction of sp³-hybridized carbons (Fsp3) is 0.286. The second-order valence-electron chi connectivity index (χ2n) is 1.94. The van der Waals surface area contributed by atoms with E-state index in [1.54, 1.807) is 19.2 Å². The largest absolute Gasteiger partial charge is 0.506 e. The SMILES string of the molecule is COCc1ccc(O)cn1. The second kappa shape index (κ2) is 3.17. The van der Waals surface area contributed by atoms with Gasteiger partial charge >= 0.3 is 0 Å². The Labute approximate surface area is 59.3 Å². The summed E-state index contributed by atoms with van der Waals surface area (Å²) in [4.78, 5) is 3.89. The molecule has 0 atom stereocenters. The quantitative estimate of drug-likeness (QED) is 0.662. The minimum Gasteiger partial charge on any atom is -0.506 e. The van der Waals surface area contributed by atoms with Crippen LogP contribution in [0.3, 0.4) is 0 Å². The maximum absolute atomic E-state index is 8.82. The van der Waals surface area contributed by atoms with Gasteiger partial charge in [0.2, 0.25) is 0 Å². The van der Waals surface area contributed by atoms with Crippen LogP contribution < -0.4 is 0 Å². The molecule has 0 fully saturated rings. The predicted octanol–water partition coefficient (Wildman–Crippen LogP) is 0.934. The van der Waals surface area contributed by atoms with Crippen LogP contribution in [0.25, 0.3) is 0 Å². The highest BCUT2D eigenvalue weighted by Gasteiger charge is 1.91. The van der Waals surface area contributed by atoms with Gasteiger partial charge in [-0.25, -0.2) is 0 Å². The van der Waals surface area contributed by atoms with Crippen LogP contribution in [0.2, 0.25) is 0 Å². The molecule has 0 bridgehead atoms. The molecule has 0 radical (unpaired) electrons. The average molecular weight is 139 g/mol. The Morgan fingerprint density at radius 3 is 2.90 bits per heavy atom. The third kappa shape index (κ3) is 1.70. The number of methoxy groups -OCH3 is 1. The molecule has 0 aliphatic heterocycles. The lowest BCUT2D eigenvalue weighted by Crippen LogP contribution is -1.89. The molecule has 1 aromatic heterocycles. The highest BCUT2D eigenvalue weighted by Crippen LogP contribution is 2.05. The van der Waals surface area contributed by atoms with Gasteiger partial charge in [0.1, 0.15) is 5.75 Å². The van der Waals surface area contributed by atoms with E-state index in [0.29, 0.717) is 6.61 Å². The lowest BCUT2D eigenvalue weighted by molar-refractivity contribution is 0.181. The van der Waals surface area contributed by atoms with Gasteiger partial charge in [0.15, 0.2) is 0 Å². The molecule has 0 amide bonds. The lowest BCUT2D eigenvalue weighted by Gasteiger charge is -1.96. The number of hydrogen-bond donors (Lipinski definition) is 1. The topological polar surface area (TPSA) is 42.4 Å². The predicted molar refractivity (Wildman–Crippen MR) is 36.6 cm³/mol. The molecule has 1 rings (SSSR count). The fourth-order valence-corrected chi connectivity index (χ4v) is 0.650. The summed E-state index contributed by atoms with van der Waals surface area (Å²) in [5.74, 6) is 0.180. The van der Waals surface area contributed by atoms with Crippen LogP contribution >= 0.6 is 0 Å². The molecular formula is C7H9NO2. The summed E-state index contributed by atoms with van der Waals surface area (Å²) >= 11 is 0. The summed E-state index contributed by atoms with van der Waals surface area (Å²) < 4.78 is 4.82. The van der Waals surface area contributed by atoms with E-state index >= 15 is 0 Å². The van der Waals surface area contributed by atoms with Crippen molar-refractivity contribution < 1.29 is 9.84 Å². The fourth-order valence-electron chi connectivity index (χ4n) is 0.650. The van der Waals surface area contributed by atoms with E-state index in [1.165, 1.54) is 6.20 Å². The molecule has 3 heteroatoms. The van der Waals surface area contributed by atoms with E-state index in [4.69, 9.17) is 9.84 Å². The summed E-state index contributed by atoms with van der Waals surface area (Å²) in [5, 5.41) is 8.82. The maximum atomic E-state index is 8.82. The molecule has 0 unspecified atom stereocenters. The minimum atomic E-state index is 0.180. The van der Waals surface area contributed by atoms with Crippen LogP contribution in [0.1, 0.15) is 5.69 Å². The van der Waals surface area contributed by atoms with Crippen LogP contribution in [0.4, 0.5) is 0 Å². The molecule has 0 aromatic carbocycles. The Balaban J connectivity index is 2.69. The standard InChI is InChI=1S/C7H9NO2/c1-10-5-6-2-3-7(9)4-8-6/h2-4,9H,5H2,1H3. The van der Waals surface area contributed by atoms with Crippen molar-refractivity contribution in [1.82, 2.24) is 4.98 Å². The monoisotopic (exact) mass is 139 g/mol. The molecule has 10 heavy (non-hydrogen) atoms. The highest BCUT2D eigenvalue weighted by atomic mass is 16.5. The van der Waals surface area contributed by atoms with Crippen molar-refractivity contribution in [1.29, 1.82) is 0 Å². The first-order valence-electron chi connectivity index (χ1n) is 2.96. The number of rotatable bonds is 2. The van der Waals surface area contributed by atoms with Crippen molar-refractivity contribution in [2.24, 2.45) is 0 Å². The van der Waals surface area contributed by atoms with Crippen molar-refractivity contribution in [2.75, 3.05) is 7.11 Å². The Morgan fingerprint density at radius 2 is 2.40 bits per heavy atom. The van der Waals surface area contributed by atoms with Crippen LogP contribution in [0, 0.1) is 0 Å². The first-order chi connectivity index (χ1) is 4.83. The van der Waals surface area contributed by atoms with E-state index < -0.39 is 0 Å². The van der Waals surface area contributed by atoms with E-state index in [1.807, 2.05) is 0 Å². The summed E-state index contributed by atoms with van der Waals surface area (Å²) in [7, 11) is 1.61. The average Bonchev–Trinajstić information content (AvgIpc) is 1.95. The Hall–Kier alpha value is -1.09. The number of nitrogens with zero attached hydrogens (tertiary/aromatic N) is 1. The Bertz CT molecular complexity index is 195. The summed E-state index contributed by atoms with van der Waals surface area (Å²) in [6.45, 7) is 0.486. The number of pyridine rings is 1. The minimum absolute atomic E-state index is 0.180. The molecule has 3 nitrogen and oxygen atoms in total. The van der Waals surface area contributed by atoms with E-state index in [9.17, 15) is 0 Å². The molecule has 0 saturated carbocycles. The van der Waals surface area contributed by atoms with Crippen LogP contribution in [-0.2, 0) is 11.3 Å². The smallest absolute Gasteiger partial charge is 0.133 e. The molecule has 0 spiro atoms. The van der Waals surface area contributed by atoms with Crippen molar-refractivity contribution in [2.45, 2.75) is 6.61 Å². The first-order valence-corrected chi connectivity index (χ1v) is 2.96. The third-order valence-electron chi connectivity index (χ3n) is 1.10. The van der Waals surface area contributed by atoms with E-state index in [2.05, 4.69) is 4.98 Å². The van der Waals surface area contributed by atoms with Crippen molar-refractivity contribution >= 4 is 0 Å². The van der Waals surface area contributed by atoms with Crippen molar-refractivity contribution in [3.63, 3.8) is 0 Å². The molecule has 0 saturated heterocycles. The Kier molecular flexibility index (Phi) is 2.23. The molecule has 0 aliphatic rings. The molecule has 1 aromatic rings. The second-order valence-corrected chi connectivity index (χ2v) is 1.94. The maximum Gasteiger partial charge on any atom is 0.133 e. The van der Waals surface area contributed by atoms with Gasteiger partial charge in [0.05, 0.1) is 18.5 Å². The highest BCUT2D eigenvalue weighted by molar-refractivity contribution is 5.17. The van der Waals surface area contributed by atoms with Gasteiger partial charge in [-0.1, -0.05) is 0 Å². The molecular weight excluding hydrogens is 130 g/mol. The molecule has 0 aliphatic carbocycles. The Morgan fingerprint density at radius 1 is 1.60 bits per heavy atom. The number of ether oxygens (including phenoxy) is 1. The van der Waals surface area contributed by atoms with Gasteiger partial charge in [-0.15, -0.1) is 0 Å². The number of hydrogen-bond acceptors (Lipinski definition) is 3. The van der Waals surface area contributed by atoms with Gasteiger partial charge in [-0.05, 0) is 12.1 Å². The summed E-state index contributed by atoms with van der Waals surface area (Å²) in [6, 6.07) is 3.31.